The van der Waals surface area contributed by atoms with Crippen molar-refractivity contribution in [2.45, 2.75) is 6.54 Å². The highest BCUT2D eigenvalue weighted by atomic mass is 16.5. The lowest BCUT2D eigenvalue weighted by Gasteiger charge is -2.19. The van der Waals surface area contributed by atoms with Gasteiger partial charge in [-0.25, -0.2) is 4.98 Å². The molecule has 1 heterocycles. The van der Waals surface area contributed by atoms with E-state index in [2.05, 4.69) is 9.88 Å². The van der Waals surface area contributed by atoms with Crippen molar-refractivity contribution in [1.29, 1.82) is 0 Å². The van der Waals surface area contributed by atoms with Gasteiger partial charge >= 0.3 is 0 Å². The van der Waals surface area contributed by atoms with E-state index in [4.69, 9.17) is 19.6 Å². The zero-order chi connectivity index (χ0) is 14.4. The molecule has 2 aromatic rings. The molecule has 2 N–H and O–H groups in total. The Morgan fingerprint density at radius 1 is 1.20 bits per heavy atom. The third kappa shape index (κ3) is 3.93. The zero-order valence-corrected chi connectivity index (χ0v) is 12.0. The van der Waals surface area contributed by atoms with Crippen LogP contribution in [0, 0.1) is 0 Å². The molecule has 20 heavy (non-hydrogen) atoms. The first kappa shape index (κ1) is 14.8. The van der Waals surface area contributed by atoms with E-state index in [0.29, 0.717) is 31.3 Å². The summed E-state index contributed by atoms with van der Waals surface area (Å²) in [6.07, 6.45) is 0. The highest BCUT2D eigenvalue weighted by Gasteiger charge is 2.11. The number of rotatable bonds is 8. The molecule has 0 saturated heterocycles. The summed E-state index contributed by atoms with van der Waals surface area (Å²) in [5, 5.41) is 0. The third-order valence-corrected chi connectivity index (χ3v) is 3.04. The quantitative estimate of drug-likeness (QED) is 0.738. The zero-order valence-electron chi connectivity index (χ0n) is 12.0. The van der Waals surface area contributed by atoms with Crippen molar-refractivity contribution in [3.05, 3.63) is 24.1 Å². The van der Waals surface area contributed by atoms with E-state index in [1.807, 2.05) is 18.2 Å². The fourth-order valence-corrected chi connectivity index (χ4v) is 1.96. The molecule has 6 nitrogen and oxygen atoms in total. The van der Waals surface area contributed by atoms with Gasteiger partial charge < -0.3 is 19.6 Å². The molecule has 0 fully saturated rings. The Labute approximate surface area is 118 Å². The van der Waals surface area contributed by atoms with E-state index >= 15 is 0 Å². The van der Waals surface area contributed by atoms with E-state index in [0.717, 1.165) is 24.2 Å². The highest BCUT2D eigenvalue weighted by Crippen LogP contribution is 2.19. The van der Waals surface area contributed by atoms with E-state index < -0.39 is 0 Å². The molecule has 0 unspecified atom stereocenters. The Morgan fingerprint density at radius 2 is 1.90 bits per heavy atom. The number of hydrogen-bond acceptors (Lipinski definition) is 6. The predicted octanol–water partition coefficient (Wildman–Crippen LogP) is 1.50. The summed E-state index contributed by atoms with van der Waals surface area (Å²) in [5.41, 5.74) is 7.98. The molecule has 0 bridgehead atoms. The van der Waals surface area contributed by atoms with E-state index in [1.54, 1.807) is 14.2 Å². The first-order valence-corrected chi connectivity index (χ1v) is 6.58. The van der Waals surface area contributed by atoms with Crippen LogP contribution in [0.2, 0.25) is 0 Å². The van der Waals surface area contributed by atoms with Gasteiger partial charge in [0.25, 0.3) is 0 Å². The van der Waals surface area contributed by atoms with Crippen molar-refractivity contribution in [3.8, 4) is 0 Å². The fourth-order valence-electron chi connectivity index (χ4n) is 1.96. The number of nitrogen functional groups attached to an aromatic ring is 1. The van der Waals surface area contributed by atoms with Gasteiger partial charge in [-0.15, -0.1) is 0 Å². The summed E-state index contributed by atoms with van der Waals surface area (Å²) in [6.45, 7) is 3.57. The van der Waals surface area contributed by atoms with Crippen LogP contribution in [0.1, 0.15) is 5.89 Å². The van der Waals surface area contributed by atoms with Gasteiger partial charge in [0.1, 0.15) is 5.52 Å². The number of nitrogens with two attached hydrogens (primary N) is 1. The van der Waals surface area contributed by atoms with Gasteiger partial charge in [-0.1, -0.05) is 0 Å². The van der Waals surface area contributed by atoms with E-state index in [9.17, 15) is 0 Å². The summed E-state index contributed by atoms with van der Waals surface area (Å²) in [6, 6.07) is 5.47. The predicted molar refractivity (Wildman–Crippen MR) is 77.5 cm³/mol. The molecule has 6 heteroatoms. The first-order chi connectivity index (χ1) is 9.72. The van der Waals surface area contributed by atoms with Crippen LogP contribution in [0.25, 0.3) is 11.1 Å². The number of hydrogen-bond donors (Lipinski definition) is 1. The minimum absolute atomic E-state index is 0.626. The average Bonchev–Trinajstić information content (AvgIpc) is 2.83. The SMILES string of the molecule is COCCN(CCOC)Cc1nc2cc(N)ccc2o1. The first-order valence-electron chi connectivity index (χ1n) is 6.58. The number of oxazole rings is 1. The standard InChI is InChI=1S/C14H21N3O3/c1-18-7-5-17(6-8-19-2)10-14-16-12-9-11(15)3-4-13(12)20-14/h3-4,9H,5-8,10,15H2,1-2H3. The van der Waals surface area contributed by atoms with Crippen LogP contribution >= 0.6 is 0 Å². The Hall–Kier alpha value is -1.63. The van der Waals surface area contributed by atoms with Crippen LogP contribution in [-0.4, -0.2) is 50.4 Å². The van der Waals surface area contributed by atoms with E-state index in [1.165, 1.54) is 0 Å². The summed E-state index contributed by atoms with van der Waals surface area (Å²) in [5.74, 6) is 0.679. The Balaban J connectivity index is 2.06. The summed E-state index contributed by atoms with van der Waals surface area (Å²) in [7, 11) is 3.38. The molecule has 0 amide bonds. The van der Waals surface area contributed by atoms with Crippen molar-refractivity contribution < 1.29 is 13.9 Å². The lowest BCUT2D eigenvalue weighted by atomic mass is 10.3. The van der Waals surface area contributed by atoms with E-state index in [-0.39, 0.29) is 0 Å². The minimum atomic E-state index is 0.626. The topological polar surface area (TPSA) is 73.8 Å². The van der Waals surface area contributed by atoms with Crippen molar-refractivity contribution in [3.63, 3.8) is 0 Å². The van der Waals surface area contributed by atoms with Crippen LogP contribution in [0.5, 0.6) is 0 Å². The van der Waals surface area contributed by atoms with Gasteiger partial charge in [-0.2, -0.15) is 0 Å². The molecule has 110 valence electrons. The van der Waals surface area contributed by atoms with Gasteiger partial charge in [-0.3, -0.25) is 4.90 Å². The molecule has 1 aromatic carbocycles. The second-order valence-corrected chi connectivity index (χ2v) is 4.60. The van der Waals surface area contributed by atoms with Crippen molar-refractivity contribution in [1.82, 2.24) is 9.88 Å². The van der Waals surface area contributed by atoms with Crippen LogP contribution in [0.4, 0.5) is 5.69 Å². The molecule has 2 rings (SSSR count). The maximum absolute atomic E-state index is 5.74. The van der Waals surface area contributed by atoms with Gasteiger partial charge in [0.2, 0.25) is 5.89 Å². The van der Waals surface area contributed by atoms with Crippen LogP contribution < -0.4 is 5.73 Å². The Kier molecular flexibility index (Phi) is 5.34. The molecule has 0 aliphatic heterocycles. The van der Waals surface area contributed by atoms with Crippen LogP contribution in [-0.2, 0) is 16.0 Å². The second kappa shape index (κ2) is 7.23. The summed E-state index contributed by atoms with van der Waals surface area (Å²) >= 11 is 0. The van der Waals surface area contributed by atoms with Crippen LogP contribution in [0.3, 0.4) is 0 Å². The summed E-state index contributed by atoms with van der Waals surface area (Å²) in [4.78, 5) is 6.64. The lowest BCUT2D eigenvalue weighted by molar-refractivity contribution is 0.105. The number of nitrogens with zero attached hydrogens (tertiary/aromatic N) is 2. The molecule has 0 saturated carbocycles. The maximum Gasteiger partial charge on any atom is 0.209 e. The van der Waals surface area contributed by atoms with Crippen molar-refractivity contribution in [2.75, 3.05) is 46.3 Å². The molecular weight excluding hydrogens is 258 g/mol. The van der Waals surface area contributed by atoms with Crippen LogP contribution in [0.15, 0.2) is 22.6 Å². The summed E-state index contributed by atoms with van der Waals surface area (Å²) < 4.78 is 16.0. The Morgan fingerprint density at radius 3 is 2.55 bits per heavy atom. The smallest absolute Gasteiger partial charge is 0.209 e. The third-order valence-electron chi connectivity index (χ3n) is 3.04. The lowest BCUT2D eigenvalue weighted by Crippen LogP contribution is -2.30. The number of anilines is 1. The number of benzene rings is 1. The number of methoxy groups -OCH3 is 2. The molecular formula is C14H21N3O3. The monoisotopic (exact) mass is 279 g/mol. The molecule has 0 aliphatic rings. The number of fused-ring (bicyclic) bond motifs is 1. The van der Waals surface area contributed by atoms with Gasteiger partial charge in [0.15, 0.2) is 5.58 Å². The van der Waals surface area contributed by atoms with Gasteiger partial charge in [0, 0.05) is 33.0 Å². The van der Waals surface area contributed by atoms with Crippen molar-refractivity contribution >= 4 is 16.8 Å². The minimum Gasteiger partial charge on any atom is -0.439 e. The largest absolute Gasteiger partial charge is 0.439 e. The molecule has 0 aliphatic carbocycles. The molecule has 0 atom stereocenters. The Bertz CT molecular complexity index is 533. The number of aromatic nitrogens is 1. The maximum atomic E-state index is 5.74. The van der Waals surface area contributed by atoms with Gasteiger partial charge in [-0.05, 0) is 18.2 Å². The molecule has 0 radical (unpaired) electrons. The fraction of sp³-hybridized carbons (Fsp3) is 0.500. The molecule has 0 spiro atoms. The normalized spacial score (nSPS) is 11.6. The molecule has 1 aromatic heterocycles. The van der Waals surface area contributed by atoms with Crippen molar-refractivity contribution in [2.24, 2.45) is 0 Å². The average molecular weight is 279 g/mol. The van der Waals surface area contributed by atoms with Gasteiger partial charge in [0.05, 0.1) is 19.8 Å². The highest BCUT2D eigenvalue weighted by molar-refractivity contribution is 5.76. The number of ether oxygens (including phenoxy) is 2. The second-order valence-electron chi connectivity index (χ2n) is 4.60.